The van der Waals surface area contributed by atoms with Crippen molar-refractivity contribution in [2.75, 3.05) is 26.2 Å². The van der Waals surface area contributed by atoms with Gasteiger partial charge < -0.3 is 15.3 Å². The molecule has 0 bridgehead atoms. The third-order valence-electron chi connectivity index (χ3n) is 5.54. The summed E-state index contributed by atoms with van der Waals surface area (Å²) < 4.78 is 0. The molecule has 2 N–H and O–H groups in total. The maximum absolute atomic E-state index is 11.5. The van der Waals surface area contributed by atoms with Crippen molar-refractivity contribution in [2.24, 2.45) is 11.8 Å². The van der Waals surface area contributed by atoms with Crippen molar-refractivity contribution in [3.05, 3.63) is 0 Å². The van der Waals surface area contributed by atoms with Gasteiger partial charge in [-0.2, -0.15) is 0 Å². The maximum Gasteiger partial charge on any atom is 0.323 e. The van der Waals surface area contributed by atoms with Gasteiger partial charge in [0.05, 0.1) is 0 Å². The van der Waals surface area contributed by atoms with Crippen LogP contribution in [0.1, 0.15) is 58.8 Å². The number of hydrogen-bond acceptors (Lipinski definition) is 3. The molecule has 0 aromatic heterocycles. The molecule has 1 heterocycles. The summed E-state index contributed by atoms with van der Waals surface area (Å²) in [5.74, 6) is 1.09. The predicted molar refractivity (Wildman–Crippen MR) is 85.5 cm³/mol. The molecule has 4 heteroatoms. The largest absolute Gasteiger partial charge is 0.480 e. The van der Waals surface area contributed by atoms with Crippen LogP contribution in [-0.4, -0.2) is 47.7 Å². The highest BCUT2D eigenvalue weighted by molar-refractivity contribution is 5.78. The van der Waals surface area contributed by atoms with Crippen molar-refractivity contribution in [1.82, 2.24) is 10.2 Å². The zero-order valence-electron chi connectivity index (χ0n) is 13.7. The Morgan fingerprint density at radius 2 is 2.00 bits per heavy atom. The highest BCUT2D eigenvalue weighted by Gasteiger charge is 2.35. The summed E-state index contributed by atoms with van der Waals surface area (Å²) in [6.07, 6.45) is 8.58. The van der Waals surface area contributed by atoms with Gasteiger partial charge in [0.1, 0.15) is 5.54 Å². The first-order valence-electron chi connectivity index (χ1n) is 8.76. The average molecular weight is 296 g/mol. The summed E-state index contributed by atoms with van der Waals surface area (Å²) in [5.41, 5.74) is -0.778. The van der Waals surface area contributed by atoms with Crippen LogP contribution in [0.15, 0.2) is 0 Å². The number of rotatable bonds is 7. The summed E-state index contributed by atoms with van der Waals surface area (Å²) in [5, 5.41) is 12.7. The van der Waals surface area contributed by atoms with Gasteiger partial charge in [0.15, 0.2) is 0 Å². The van der Waals surface area contributed by atoms with Crippen molar-refractivity contribution in [2.45, 2.75) is 64.3 Å². The topological polar surface area (TPSA) is 52.6 Å². The lowest BCUT2D eigenvalue weighted by Gasteiger charge is -2.42. The standard InChI is InChI=1S/C17H32N2O2/c1-3-10-18-17(2,16(20)21)9-12-19-11-8-14-6-4-5-7-15(14)13-19/h14-15,18H,3-13H2,1-2H3,(H,20,21). The number of aliphatic carboxylic acids is 1. The Balaban J connectivity index is 1.82. The Hall–Kier alpha value is -0.610. The Morgan fingerprint density at radius 1 is 1.29 bits per heavy atom. The Bertz CT molecular complexity index is 348. The fourth-order valence-corrected chi connectivity index (χ4v) is 3.93. The number of carboxylic acid groups (broad SMARTS) is 1. The Kier molecular flexibility index (Phi) is 6.06. The number of nitrogens with zero attached hydrogens (tertiary/aromatic N) is 1. The van der Waals surface area contributed by atoms with E-state index >= 15 is 0 Å². The van der Waals surface area contributed by atoms with Crippen molar-refractivity contribution in [1.29, 1.82) is 0 Å². The van der Waals surface area contributed by atoms with Crippen LogP contribution < -0.4 is 5.32 Å². The van der Waals surface area contributed by atoms with E-state index in [0.717, 1.165) is 37.9 Å². The van der Waals surface area contributed by atoms with E-state index in [9.17, 15) is 9.90 Å². The van der Waals surface area contributed by atoms with E-state index in [4.69, 9.17) is 0 Å². The summed E-state index contributed by atoms with van der Waals surface area (Å²) in [6.45, 7) is 7.93. The van der Waals surface area contributed by atoms with Crippen LogP contribution in [-0.2, 0) is 4.79 Å². The second kappa shape index (κ2) is 7.59. The molecule has 2 rings (SSSR count). The van der Waals surface area contributed by atoms with Crippen molar-refractivity contribution in [3.63, 3.8) is 0 Å². The van der Waals surface area contributed by atoms with Gasteiger partial charge in [0.25, 0.3) is 0 Å². The third-order valence-corrected chi connectivity index (χ3v) is 5.54. The molecule has 3 unspecified atom stereocenters. The second-order valence-corrected chi connectivity index (χ2v) is 7.21. The highest BCUT2D eigenvalue weighted by atomic mass is 16.4. The average Bonchev–Trinajstić information content (AvgIpc) is 2.50. The van der Waals surface area contributed by atoms with Gasteiger partial charge in [-0.15, -0.1) is 0 Å². The molecule has 0 aromatic carbocycles. The zero-order valence-corrected chi connectivity index (χ0v) is 13.7. The zero-order chi connectivity index (χ0) is 15.3. The van der Waals surface area contributed by atoms with E-state index in [1.54, 1.807) is 0 Å². The van der Waals surface area contributed by atoms with Crippen molar-refractivity contribution >= 4 is 5.97 Å². The lowest BCUT2D eigenvalue weighted by atomic mass is 9.75. The van der Waals surface area contributed by atoms with Gasteiger partial charge in [-0.1, -0.05) is 26.2 Å². The van der Waals surface area contributed by atoms with E-state index in [2.05, 4.69) is 17.1 Å². The second-order valence-electron chi connectivity index (χ2n) is 7.21. The van der Waals surface area contributed by atoms with E-state index in [-0.39, 0.29) is 0 Å². The predicted octanol–water partition coefficient (Wildman–Crippen LogP) is 2.73. The molecule has 0 aromatic rings. The van der Waals surface area contributed by atoms with E-state index < -0.39 is 11.5 Å². The van der Waals surface area contributed by atoms with Gasteiger partial charge in [0.2, 0.25) is 0 Å². The smallest absolute Gasteiger partial charge is 0.323 e. The molecule has 2 fully saturated rings. The summed E-state index contributed by atoms with van der Waals surface area (Å²) in [4.78, 5) is 14.0. The fraction of sp³-hybridized carbons (Fsp3) is 0.941. The summed E-state index contributed by atoms with van der Waals surface area (Å²) in [7, 11) is 0. The van der Waals surface area contributed by atoms with Crippen LogP contribution in [0, 0.1) is 11.8 Å². The van der Waals surface area contributed by atoms with E-state index in [0.29, 0.717) is 6.42 Å². The van der Waals surface area contributed by atoms with Crippen LogP contribution in [0.5, 0.6) is 0 Å². The molecule has 4 nitrogen and oxygen atoms in total. The number of nitrogens with one attached hydrogen (secondary N) is 1. The molecule has 1 saturated heterocycles. The molecule has 21 heavy (non-hydrogen) atoms. The minimum absolute atomic E-state index is 0.694. The van der Waals surface area contributed by atoms with Crippen LogP contribution in [0.2, 0.25) is 0 Å². The molecule has 0 amide bonds. The molecule has 0 radical (unpaired) electrons. The SMILES string of the molecule is CCCNC(C)(CCN1CCC2CCCCC2C1)C(=O)O. The Labute approximate surface area is 129 Å². The van der Waals surface area contributed by atoms with E-state index in [1.165, 1.54) is 38.6 Å². The first-order chi connectivity index (χ1) is 10.0. The molecule has 1 saturated carbocycles. The lowest BCUT2D eigenvalue weighted by molar-refractivity contribution is -0.144. The molecule has 2 aliphatic rings. The molecular formula is C17H32N2O2. The first-order valence-corrected chi connectivity index (χ1v) is 8.76. The number of carboxylic acids is 1. The van der Waals surface area contributed by atoms with Crippen LogP contribution >= 0.6 is 0 Å². The quantitative estimate of drug-likeness (QED) is 0.758. The molecule has 1 aliphatic carbocycles. The van der Waals surface area contributed by atoms with Crippen LogP contribution in [0.4, 0.5) is 0 Å². The van der Waals surface area contributed by atoms with Gasteiger partial charge in [0, 0.05) is 13.1 Å². The normalized spacial score (nSPS) is 29.6. The number of fused-ring (bicyclic) bond motifs is 1. The van der Waals surface area contributed by atoms with Crippen molar-refractivity contribution in [3.8, 4) is 0 Å². The van der Waals surface area contributed by atoms with Gasteiger partial charge in [-0.3, -0.25) is 4.79 Å². The number of hydrogen-bond donors (Lipinski definition) is 2. The van der Waals surface area contributed by atoms with Gasteiger partial charge in [-0.05, 0) is 57.5 Å². The number of likely N-dealkylation sites (tertiary alicyclic amines) is 1. The lowest BCUT2D eigenvalue weighted by Crippen LogP contribution is -2.52. The van der Waals surface area contributed by atoms with Crippen molar-refractivity contribution < 1.29 is 9.90 Å². The summed E-state index contributed by atoms with van der Waals surface area (Å²) >= 11 is 0. The van der Waals surface area contributed by atoms with Gasteiger partial charge >= 0.3 is 5.97 Å². The fourth-order valence-electron chi connectivity index (χ4n) is 3.93. The van der Waals surface area contributed by atoms with Crippen LogP contribution in [0.3, 0.4) is 0 Å². The monoisotopic (exact) mass is 296 g/mol. The molecule has 0 spiro atoms. The highest BCUT2D eigenvalue weighted by Crippen LogP contribution is 2.36. The minimum Gasteiger partial charge on any atom is -0.480 e. The third kappa shape index (κ3) is 4.43. The Morgan fingerprint density at radius 3 is 2.67 bits per heavy atom. The number of piperidine rings is 1. The van der Waals surface area contributed by atoms with Crippen LogP contribution in [0.25, 0.3) is 0 Å². The number of carbonyl (C=O) groups is 1. The summed E-state index contributed by atoms with van der Waals surface area (Å²) in [6, 6.07) is 0. The molecule has 1 aliphatic heterocycles. The molecule has 3 atom stereocenters. The molecule has 122 valence electrons. The first kappa shape index (κ1) is 16.8. The van der Waals surface area contributed by atoms with E-state index in [1.807, 2.05) is 6.92 Å². The minimum atomic E-state index is -0.778. The maximum atomic E-state index is 11.5. The van der Waals surface area contributed by atoms with Gasteiger partial charge in [-0.25, -0.2) is 0 Å². The molecular weight excluding hydrogens is 264 g/mol.